The molecule has 26 heavy (non-hydrogen) atoms. The highest BCUT2D eigenvalue weighted by Crippen LogP contribution is 2.21. The van der Waals surface area contributed by atoms with Gasteiger partial charge in [0.25, 0.3) is 0 Å². The lowest BCUT2D eigenvalue weighted by Gasteiger charge is -2.31. The summed E-state index contributed by atoms with van der Waals surface area (Å²) in [5.74, 6) is 2.01. The van der Waals surface area contributed by atoms with Crippen LogP contribution in [-0.4, -0.2) is 49.2 Å². The fraction of sp³-hybridized carbons (Fsp3) is 0.353. The van der Waals surface area contributed by atoms with Crippen LogP contribution in [0.5, 0.6) is 0 Å². The Labute approximate surface area is 155 Å². The molecule has 4 rings (SSSR count). The minimum atomic E-state index is -0.288. The van der Waals surface area contributed by atoms with Gasteiger partial charge < -0.3 is 15.3 Å². The molecule has 4 heterocycles. The predicted molar refractivity (Wildman–Crippen MR) is 100.0 cm³/mol. The topological polar surface area (TPSA) is 100.0 Å². The molecular weight excluding hydrogens is 350 g/mol. The summed E-state index contributed by atoms with van der Waals surface area (Å²) in [5.41, 5.74) is 0.889. The molecule has 0 unspecified atom stereocenters. The first-order valence-corrected chi connectivity index (χ1v) is 9.37. The van der Waals surface area contributed by atoms with Crippen molar-refractivity contribution in [3.05, 3.63) is 41.8 Å². The van der Waals surface area contributed by atoms with E-state index in [2.05, 4.69) is 35.1 Å². The van der Waals surface area contributed by atoms with E-state index in [1.807, 2.05) is 11.4 Å². The molecule has 1 fully saturated rings. The maximum absolute atomic E-state index is 9.84. The summed E-state index contributed by atoms with van der Waals surface area (Å²) in [6, 6.07) is 3.65. The third kappa shape index (κ3) is 3.94. The molecule has 1 aliphatic heterocycles. The smallest absolute Gasteiger partial charge is 0.224 e. The first kappa shape index (κ1) is 16.8. The van der Waals surface area contributed by atoms with Gasteiger partial charge in [0.1, 0.15) is 5.82 Å². The highest BCUT2D eigenvalue weighted by molar-refractivity contribution is 7.13. The molecule has 3 aromatic heterocycles. The molecule has 8 nitrogen and oxygen atoms in total. The van der Waals surface area contributed by atoms with E-state index < -0.39 is 0 Å². The summed E-state index contributed by atoms with van der Waals surface area (Å²) in [5, 5.41) is 15.8. The van der Waals surface area contributed by atoms with Crippen LogP contribution >= 0.6 is 11.3 Å². The van der Waals surface area contributed by atoms with E-state index >= 15 is 0 Å². The number of aliphatic hydroxyl groups excluding tert-OH is 1. The Morgan fingerprint density at radius 3 is 2.92 bits per heavy atom. The van der Waals surface area contributed by atoms with Crippen molar-refractivity contribution >= 4 is 23.1 Å². The van der Waals surface area contributed by atoms with Crippen LogP contribution in [0.2, 0.25) is 0 Å². The molecule has 3 aromatic rings. The number of β-amino-alcohol motifs (C(OH)–C–C–N with tert-alkyl or cyclic N) is 1. The first-order chi connectivity index (χ1) is 12.8. The Morgan fingerprint density at radius 2 is 2.08 bits per heavy atom. The van der Waals surface area contributed by atoms with Crippen molar-refractivity contribution in [1.82, 2.24) is 24.9 Å². The van der Waals surface area contributed by atoms with Crippen LogP contribution in [0.15, 0.2) is 36.1 Å². The van der Waals surface area contributed by atoms with Crippen molar-refractivity contribution in [3.63, 3.8) is 0 Å². The van der Waals surface area contributed by atoms with Crippen LogP contribution in [0.3, 0.4) is 0 Å². The lowest BCUT2D eigenvalue weighted by atomic mass is 10.1. The predicted octanol–water partition coefficient (Wildman–Crippen LogP) is 1.96. The third-order valence-corrected chi connectivity index (χ3v) is 4.98. The maximum Gasteiger partial charge on any atom is 0.224 e. The Bertz CT molecular complexity index is 857. The van der Waals surface area contributed by atoms with Gasteiger partial charge in [0.2, 0.25) is 5.95 Å². The van der Waals surface area contributed by atoms with E-state index in [1.165, 1.54) is 11.3 Å². The monoisotopic (exact) mass is 369 g/mol. The number of nitrogens with zero attached hydrogens (tertiary/aromatic N) is 6. The van der Waals surface area contributed by atoms with E-state index in [0.29, 0.717) is 24.9 Å². The third-order valence-electron chi connectivity index (χ3n) is 4.10. The fourth-order valence-electron chi connectivity index (χ4n) is 2.84. The molecule has 1 saturated heterocycles. The van der Waals surface area contributed by atoms with Crippen LogP contribution in [0.25, 0.3) is 10.8 Å². The zero-order valence-corrected chi connectivity index (χ0v) is 14.9. The van der Waals surface area contributed by atoms with E-state index in [-0.39, 0.29) is 6.10 Å². The van der Waals surface area contributed by atoms with Gasteiger partial charge in [-0.05, 0) is 25.0 Å². The van der Waals surface area contributed by atoms with Gasteiger partial charge in [-0.25, -0.2) is 19.9 Å². The maximum atomic E-state index is 9.84. The van der Waals surface area contributed by atoms with Crippen LogP contribution < -0.4 is 10.2 Å². The Hall–Kier alpha value is -2.65. The lowest BCUT2D eigenvalue weighted by Crippen LogP contribution is -2.38. The molecule has 0 aliphatic carbocycles. The molecule has 9 heteroatoms. The summed E-state index contributed by atoms with van der Waals surface area (Å²) in [7, 11) is 0. The van der Waals surface area contributed by atoms with Crippen molar-refractivity contribution in [3.8, 4) is 10.8 Å². The number of piperidine rings is 1. The molecule has 134 valence electrons. The molecule has 0 saturated carbocycles. The van der Waals surface area contributed by atoms with E-state index in [9.17, 15) is 5.11 Å². The zero-order chi connectivity index (χ0) is 17.8. The van der Waals surface area contributed by atoms with Gasteiger partial charge >= 0.3 is 0 Å². The highest BCUT2D eigenvalue weighted by Gasteiger charge is 2.19. The summed E-state index contributed by atoms with van der Waals surface area (Å²) in [6.45, 7) is 2.04. The number of hydrogen-bond donors (Lipinski definition) is 2. The molecule has 1 aliphatic rings. The molecule has 0 radical (unpaired) electrons. The summed E-state index contributed by atoms with van der Waals surface area (Å²) in [4.78, 5) is 23.9. The van der Waals surface area contributed by atoms with E-state index in [4.69, 9.17) is 0 Å². The van der Waals surface area contributed by atoms with E-state index in [1.54, 1.807) is 24.7 Å². The molecular formula is C17H19N7OS. The molecule has 0 bridgehead atoms. The van der Waals surface area contributed by atoms with Crippen LogP contribution in [0.1, 0.15) is 18.5 Å². The molecule has 2 N–H and O–H groups in total. The second kappa shape index (κ2) is 7.71. The van der Waals surface area contributed by atoms with Gasteiger partial charge in [-0.2, -0.15) is 4.98 Å². The second-order valence-electron chi connectivity index (χ2n) is 6.05. The number of aromatic nitrogens is 5. The summed E-state index contributed by atoms with van der Waals surface area (Å²) in [6.07, 6.45) is 6.68. The van der Waals surface area contributed by atoms with Crippen molar-refractivity contribution < 1.29 is 5.11 Å². The standard InChI is InChI=1S/C17H19N7OS/c25-13-3-1-8-24(10-13)14-4-7-20-17(23-14)21-9-12-11-26-16(22-12)15-18-5-2-6-19-15/h2,4-7,11,13,25H,1,3,8-10H2,(H,20,21,23)/t13-/m1/s1. The van der Waals surface area contributed by atoms with Crippen molar-refractivity contribution in [2.45, 2.75) is 25.5 Å². The normalized spacial score (nSPS) is 17.3. The van der Waals surface area contributed by atoms with Gasteiger partial charge in [-0.15, -0.1) is 11.3 Å². The Balaban J connectivity index is 1.41. The lowest BCUT2D eigenvalue weighted by molar-refractivity contribution is 0.154. The second-order valence-corrected chi connectivity index (χ2v) is 6.91. The van der Waals surface area contributed by atoms with Crippen molar-refractivity contribution in [2.75, 3.05) is 23.3 Å². The van der Waals surface area contributed by atoms with Gasteiger partial charge in [0, 0.05) is 37.1 Å². The Kier molecular flexibility index (Phi) is 4.98. The average molecular weight is 369 g/mol. The zero-order valence-electron chi connectivity index (χ0n) is 14.1. The van der Waals surface area contributed by atoms with Gasteiger partial charge in [-0.3, -0.25) is 0 Å². The van der Waals surface area contributed by atoms with Crippen LogP contribution in [0, 0.1) is 0 Å². The van der Waals surface area contributed by atoms with E-state index in [0.717, 1.165) is 35.9 Å². The van der Waals surface area contributed by atoms with Gasteiger partial charge in [0.15, 0.2) is 10.8 Å². The van der Waals surface area contributed by atoms with Gasteiger partial charge in [-0.1, -0.05) is 0 Å². The highest BCUT2D eigenvalue weighted by atomic mass is 32.1. The average Bonchev–Trinajstić information content (AvgIpc) is 3.16. The van der Waals surface area contributed by atoms with Crippen LogP contribution in [0.4, 0.5) is 11.8 Å². The number of nitrogens with one attached hydrogen (secondary N) is 1. The first-order valence-electron chi connectivity index (χ1n) is 8.49. The molecule has 0 spiro atoms. The van der Waals surface area contributed by atoms with Crippen LogP contribution in [-0.2, 0) is 6.54 Å². The Morgan fingerprint density at radius 1 is 1.19 bits per heavy atom. The minimum Gasteiger partial charge on any atom is -0.391 e. The summed E-state index contributed by atoms with van der Waals surface area (Å²) < 4.78 is 0. The number of anilines is 2. The number of rotatable bonds is 5. The SMILES string of the molecule is O[C@@H]1CCCN(c2ccnc(NCc3csc(-c4ncccn4)n3)n2)C1. The molecule has 0 aromatic carbocycles. The summed E-state index contributed by atoms with van der Waals surface area (Å²) >= 11 is 1.51. The van der Waals surface area contributed by atoms with Crippen molar-refractivity contribution in [2.24, 2.45) is 0 Å². The quantitative estimate of drug-likeness (QED) is 0.704. The minimum absolute atomic E-state index is 0.288. The largest absolute Gasteiger partial charge is 0.391 e. The van der Waals surface area contributed by atoms with Crippen molar-refractivity contribution in [1.29, 1.82) is 0 Å². The number of aliphatic hydroxyl groups is 1. The molecule has 0 amide bonds. The number of hydrogen-bond acceptors (Lipinski definition) is 9. The number of thiazole rings is 1. The molecule has 1 atom stereocenters. The van der Waals surface area contributed by atoms with Gasteiger partial charge in [0.05, 0.1) is 18.3 Å². The fourth-order valence-corrected chi connectivity index (χ4v) is 3.61.